The molecule has 6 rings (SSSR count). The fourth-order valence-electron chi connectivity index (χ4n) is 8.00. The molecule has 4 atom stereocenters. The van der Waals surface area contributed by atoms with Crippen molar-refractivity contribution in [1.29, 1.82) is 0 Å². The van der Waals surface area contributed by atoms with Gasteiger partial charge in [-0.05, 0) is 118 Å². The highest BCUT2D eigenvalue weighted by molar-refractivity contribution is 6.10. The van der Waals surface area contributed by atoms with Crippen LogP contribution in [0.5, 0.6) is 17.2 Å². The van der Waals surface area contributed by atoms with Crippen molar-refractivity contribution in [2.75, 3.05) is 34.5 Å². The van der Waals surface area contributed by atoms with Gasteiger partial charge in [0.1, 0.15) is 17.2 Å². The number of carbonyl (C=O) groups excluding carboxylic acids is 2. The van der Waals surface area contributed by atoms with Gasteiger partial charge in [0.25, 0.3) is 0 Å². The number of benzene rings is 3. The highest BCUT2D eigenvalue weighted by Gasteiger charge is 2.57. The van der Waals surface area contributed by atoms with E-state index < -0.39 is 23.2 Å². The van der Waals surface area contributed by atoms with Crippen molar-refractivity contribution in [3.63, 3.8) is 0 Å². The second kappa shape index (κ2) is 16.3. The summed E-state index contributed by atoms with van der Waals surface area (Å²) in [7, 11) is 4.75. The van der Waals surface area contributed by atoms with E-state index in [-0.39, 0.29) is 31.4 Å². The Morgan fingerprint density at radius 1 is 0.922 bits per heavy atom. The summed E-state index contributed by atoms with van der Waals surface area (Å²) in [5.74, 6) is 1.54. The SMILES string of the molecule is CCOC(=O)N(Cc1ccc(OC)cc1OC)C[C@]1(O)CC[C@H]2c3ccc(cc3C(=O)c3ccc(OC)cc3)C[C@@H](O)CCC(C)=CCC[C@@]21C. The van der Waals surface area contributed by atoms with Gasteiger partial charge in [-0.3, -0.25) is 4.79 Å². The monoisotopic (exact) mass is 699 g/mol. The fourth-order valence-corrected chi connectivity index (χ4v) is 8.00. The van der Waals surface area contributed by atoms with Crippen molar-refractivity contribution >= 4 is 11.9 Å². The van der Waals surface area contributed by atoms with E-state index >= 15 is 0 Å². The molecule has 0 radical (unpaired) electrons. The van der Waals surface area contributed by atoms with Crippen LogP contribution in [-0.2, 0) is 17.7 Å². The Hall–Kier alpha value is -4.34. The predicted molar refractivity (Wildman–Crippen MR) is 197 cm³/mol. The maximum absolute atomic E-state index is 14.4. The lowest BCUT2D eigenvalue weighted by molar-refractivity contribution is -0.0821. The fraction of sp³-hybridized carbons (Fsp3) is 0.476. The average Bonchev–Trinajstić information content (AvgIpc) is 3.38. The highest BCUT2D eigenvalue weighted by Crippen LogP contribution is 2.59. The largest absolute Gasteiger partial charge is 0.497 e. The lowest BCUT2D eigenvalue weighted by atomic mass is 9.64. The molecule has 274 valence electrons. The molecule has 0 aliphatic heterocycles. The third-order valence-electron chi connectivity index (χ3n) is 11.1. The van der Waals surface area contributed by atoms with Crippen molar-refractivity contribution in [1.82, 2.24) is 4.90 Å². The molecular formula is C42H53NO8. The Labute approximate surface area is 302 Å². The smallest absolute Gasteiger partial charge is 0.410 e. The zero-order chi connectivity index (χ0) is 36.8. The molecule has 51 heavy (non-hydrogen) atoms. The van der Waals surface area contributed by atoms with E-state index in [9.17, 15) is 19.8 Å². The molecule has 3 aliphatic carbocycles. The number of hydrogen-bond acceptors (Lipinski definition) is 8. The number of aliphatic hydroxyl groups excluding tert-OH is 1. The molecule has 2 N–H and O–H groups in total. The van der Waals surface area contributed by atoms with E-state index in [0.29, 0.717) is 66.9 Å². The maximum atomic E-state index is 14.4. The first-order chi connectivity index (χ1) is 24.4. The van der Waals surface area contributed by atoms with Gasteiger partial charge < -0.3 is 34.1 Å². The van der Waals surface area contributed by atoms with Crippen LogP contribution >= 0.6 is 0 Å². The molecule has 1 saturated carbocycles. The van der Waals surface area contributed by atoms with Gasteiger partial charge >= 0.3 is 6.09 Å². The van der Waals surface area contributed by atoms with Gasteiger partial charge in [-0.1, -0.05) is 30.7 Å². The minimum absolute atomic E-state index is 0.0305. The molecule has 3 aliphatic rings. The number of ether oxygens (including phenoxy) is 4. The summed E-state index contributed by atoms with van der Waals surface area (Å²) in [6, 6.07) is 18.5. The number of amides is 1. The van der Waals surface area contributed by atoms with Gasteiger partial charge in [0.15, 0.2) is 5.78 Å². The first kappa shape index (κ1) is 37.9. The Kier molecular flexibility index (Phi) is 12.1. The Bertz CT molecular complexity index is 1720. The lowest BCUT2D eigenvalue weighted by Gasteiger charge is -2.46. The van der Waals surface area contributed by atoms with E-state index in [1.165, 1.54) is 5.57 Å². The lowest BCUT2D eigenvalue weighted by Crippen LogP contribution is -2.53. The third-order valence-corrected chi connectivity index (χ3v) is 11.1. The molecule has 3 aromatic carbocycles. The summed E-state index contributed by atoms with van der Waals surface area (Å²) in [5.41, 5.74) is 2.74. The Balaban J connectivity index is 1.59. The molecule has 0 saturated heterocycles. The normalized spacial score (nSPS) is 23.4. The Morgan fingerprint density at radius 3 is 2.33 bits per heavy atom. The van der Waals surface area contributed by atoms with Gasteiger partial charge in [0.2, 0.25) is 0 Å². The summed E-state index contributed by atoms with van der Waals surface area (Å²) >= 11 is 0. The zero-order valence-corrected chi connectivity index (χ0v) is 30.9. The van der Waals surface area contributed by atoms with Crippen molar-refractivity contribution in [3.8, 4) is 17.2 Å². The molecule has 1 fully saturated rings. The number of fused-ring (bicyclic) bond motifs is 8. The van der Waals surface area contributed by atoms with Crippen molar-refractivity contribution in [3.05, 3.63) is 100 Å². The van der Waals surface area contributed by atoms with Crippen LogP contribution in [0.1, 0.15) is 97.8 Å². The molecule has 9 nitrogen and oxygen atoms in total. The minimum Gasteiger partial charge on any atom is -0.497 e. The van der Waals surface area contributed by atoms with Crippen LogP contribution < -0.4 is 14.2 Å². The number of aliphatic hydroxyl groups is 2. The summed E-state index contributed by atoms with van der Waals surface area (Å²) < 4.78 is 21.9. The molecule has 2 bridgehead atoms. The van der Waals surface area contributed by atoms with Crippen LogP contribution in [0.3, 0.4) is 0 Å². The maximum Gasteiger partial charge on any atom is 0.410 e. The van der Waals surface area contributed by atoms with E-state index in [1.807, 2.05) is 30.3 Å². The molecular weight excluding hydrogens is 646 g/mol. The molecule has 0 heterocycles. The van der Waals surface area contributed by atoms with E-state index in [1.54, 1.807) is 63.5 Å². The zero-order valence-electron chi connectivity index (χ0n) is 30.9. The van der Waals surface area contributed by atoms with E-state index in [4.69, 9.17) is 18.9 Å². The van der Waals surface area contributed by atoms with Gasteiger partial charge in [-0.2, -0.15) is 0 Å². The van der Waals surface area contributed by atoms with Crippen LogP contribution in [0.2, 0.25) is 0 Å². The molecule has 1 amide bonds. The number of allylic oxidation sites excluding steroid dienone is 2. The van der Waals surface area contributed by atoms with Crippen LogP contribution in [0.15, 0.2) is 72.3 Å². The number of rotatable bonds is 10. The first-order valence-electron chi connectivity index (χ1n) is 18.0. The predicted octanol–water partition coefficient (Wildman–Crippen LogP) is 7.64. The van der Waals surface area contributed by atoms with Crippen molar-refractivity contribution in [2.45, 2.75) is 89.9 Å². The molecule has 9 heteroatoms. The van der Waals surface area contributed by atoms with Crippen molar-refractivity contribution in [2.24, 2.45) is 5.41 Å². The topological polar surface area (TPSA) is 115 Å². The van der Waals surface area contributed by atoms with Crippen molar-refractivity contribution < 1.29 is 38.7 Å². The second-order valence-corrected chi connectivity index (χ2v) is 14.2. The summed E-state index contributed by atoms with van der Waals surface area (Å²) in [4.78, 5) is 29.5. The molecule has 0 unspecified atom stereocenters. The van der Waals surface area contributed by atoms with Crippen LogP contribution in [0.25, 0.3) is 0 Å². The number of hydrogen-bond donors (Lipinski definition) is 2. The summed E-state index contributed by atoms with van der Waals surface area (Å²) in [6.45, 7) is 6.34. The standard InChI is InChI=1S/C42H53NO8/c1-7-51-40(46)43(26-31-14-18-34(49-5)25-38(31)50-6)27-42(47)22-20-37-35-19-11-29(23-32(44)15-10-28(2)9-8-21-41(37,42)3)24-36(35)39(45)30-12-16-33(48-4)17-13-30/h9,11-14,16-19,24-25,32,37,44,47H,7-8,10,15,20-23,26-27H2,1-6H3/t32-,37-,41-,42+/m0/s1. The van der Waals surface area contributed by atoms with Crippen LogP contribution in [0.4, 0.5) is 4.79 Å². The number of methoxy groups -OCH3 is 3. The average molecular weight is 700 g/mol. The van der Waals surface area contributed by atoms with Gasteiger partial charge in [0.05, 0.1) is 52.7 Å². The second-order valence-electron chi connectivity index (χ2n) is 14.2. The van der Waals surface area contributed by atoms with Crippen LogP contribution in [0, 0.1) is 5.41 Å². The molecule has 0 aromatic heterocycles. The third kappa shape index (κ3) is 8.26. The number of carbonyl (C=O) groups is 2. The van der Waals surface area contributed by atoms with Gasteiger partial charge in [-0.25, -0.2) is 4.79 Å². The quantitative estimate of drug-likeness (QED) is 0.164. The van der Waals surface area contributed by atoms with E-state index in [2.05, 4.69) is 19.9 Å². The summed E-state index contributed by atoms with van der Waals surface area (Å²) in [6.07, 6.45) is 5.29. The first-order valence-corrected chi connectivity index (χ1v) is 18.0. The van der Waals surface area contributed by atoms with Gasteiger partial charge in [0, 0.05) is 28.2 Å². The number of nitrogens with zero attached hydrogens (tertiary/aromatic N) is 1. The number of ketones is 1. The van der Waals surface area contributed by atoms with Crippen LogP contribution in [-0.4, -0.2) is 73.2 Å². The highest BCUT2D eigenvalue weighted by atomic mass is 16.6. The molecule has 3 aromatic rings. The van der Waals surface area contributed by atoms with Gasteiger partial charge in [-0.15, -0.1) is 0 Å². The van der Waals surface area contributed by atoms with E-state index in [0.717, 1.165) is 23.1 Å². The molecule has 0 spiro atoms. The Morgan fingerprint density at radius 2 is 1.65 bits per heavy atom. The summed E-state index contributed by atoms with van der Waals surface area (Å²) in [5, 5.41) is 23.9. The minimum atomic E-state index is -1.32.